The molecule has 0 saturated carbocycles. The Bertz CT molecular complexity index is 442. The van der Waals surface area contributed by atoms with Gasteiger partial charge in [-0.2, -0.15) is 0 Å². The number of hydrogen-bond acceptors (Lipinski definition) is 4. The van der Waals surface area contributed by atoms with Crippen molar-refractivity contribution in [3.05, 3.63) is 23.9 Å². The van der Waals surface area contributed by atoms with Crippen LogP contribution in [0.5, 0.6) is 0 Å². The molecule has 1 amide bonds. The second-order valence-corrected chi connectivity index (χ2v) is 5.49. The summed E-state index contributed by atoms with van der Waals surface area (Å²) in [4.78, 5) is 18.0. The fraction of sp³-hybridized carbons (Fsp3) is 0.571. The molecule has 1 rings (SSSR count). The minimum Gasteiger partial charge on any atom is -0.388 e. The third-order valence-corrected chi connectivity index (χ3v) is 3.32. The minimum absolute atomic E-state index is 0.0718. The quantitative estimate of drug-likeness (QED) is 0.842. The number of hydrogen-bond donors (Lipinski definition) is 2. The summed E-state index contributed by atoms with van der Waals surface area (Å²) in [5.74, 6) is 0.595. The van der Waals surface area contributed by atoms with Crippen LogP contribution in [0.3, 0.4) is 0 Å². The van der Waals surface area contributed by atoms with Crippen LogP contribution in [0.4, 0.5) is 5.82 Å². The topological polar surface area (TPSA) is 65.5 Å². The van der Waals surface area contributed by atoms with Gasteiger partial charge in [0.25, 0.3) is 5.91 Å². The van der Waals surface area contributed by atoms with Gasteiger partial charge in [0, 0.05) is 32.4 Å². The first kappa shape index (κ1) is 15.4. The van der Waals surface area contributed by atoms with Crippen molar-refractivity contribution in [2.75, 3.05) is 25.5 Å². The van der Waals surface area contributed by atoms with Crippen molar-refractivity contribution in [2.24, 2.45) is 5.92 Å². The van der Waals surface area contributed by atoms with Crippen LogP contribution in [-0.2, 0) is 0 Å². The van der Waals surface area contributed by atoms with Gasteiger partial charge in [-0.1, -0.05) is 13.8 Å². The van der Waals surface area contributed by atoms with Crippen LogP contribution in [0.15, 0.2) is 18.3 Å². The van der Waals surface area contributed by atoms with E-state index in [1.807, 2.05) is 32.8 Å². The Balaban J connectivity index is 2.71. The fourth-order valence-electron chi connectivity index (χ4n) is 1.37. The normalized spacial score (nSPS) is 14.1. The second kappa shape index (κ2) is 6.02. The molecule has 0 saturated heterocycles. The van der Waals surface area contributed by atoms with Crippen molar-refractivity contribution in [3.8, 4) is 0 Å². The minimum atomic E-state index is -0.910. The highest BCUT2D eigenvalue weighted by molar-refractivity contribution is 5.94. The number of rotatable bonds is 5. The summed E-state index contributed by atoms with van der Waals surface area (Å²) in [6, 6.07) is 3.38. The molecule has 2 N–H and O–H groups in total. The lowest BCUT2D eigenvalue weighted by molar-refractivity contribution is 0.0142. The molecule has 0 bridgehead atoms. The van der Waals surface area contributed by atoms with Gasteiger partial charge in [-0.3, -0.25) is 4.79 Å². The lowest BCUT2D eigenvalue weighted by atomic mass is 9.92. The molecule has 0 aliphatic heterocycles. The predicted molar refractivity (Wildman–Crippen MR) is 76.4 cm³/mol. The molecule has 106 valence electrons. The summed E-state index contributed by atoms with van der Waals surface area (Å²) in [5, 5.41) is 12.8. The number of anilines is 1. The molecule has 1 aromatic rings. The first-order valence-electron chi connectivity index (χ1n) is 6.38. The Morgan fingerprint density at radius 2 is 2.16 bits per heavy atom. The summed E-state index contributed by atoms with van der Waals surface area (Å²) in [6.45, 7) is 5.78. The maximum Gasteiger partial charge on any atom is 0.251 e. The molecular weight excluding hydrogens is 242 g/mol. The van der Waals surface area contributed by atoms with Gasteiger partial charge in [0.15, 0.2) is 0 Å². The number of carbonyl (C=O) groups excluding carboxylic acids is 1. The number of aromatic nitrogens is 1. The fourth-order valence-corrected chi connectivity index (χ4v) is 1.37. The van der Waals surface area contributed by atoms with E-state index in [1.54, 1.807) is 25.3 Å². The monoisotopic (exact) mass is 265 g/mol. The van der Waals surface area contributed by atoms with E-state index >= 15 is 0 Å². The molecule has 1 atom stereocenters. The molecule has 0 aliphatic carbocycles. The van der Waals surface area contributed by atoms with Crippen LogP contribution in [0, 0.1) is 5.92 Å². The Morgan fingerprint density at radius 1 is 1.53 bits per heavy atom. The molecule has 19 heavy (non-hydrogen) atoms. The standard InChI is InChI=1S/C14H23N3O2/c1-10(2)14(3,19)9-16-13(18)11-6-7-15-12(8-11)17(4)5/h6-8,10,19H,9H2,1-5H3,(H,16,18). The summed E-state index contributed by atoms with van der Waals surface area (Å²) in [6.07, 6.45) is 1.60. The Kier molecular flexibility index (Phi) is 4.89. The van der Waals surface area contributed by atoms with Gasteiger partial charge in [0.1, 0.15) is 5.82 Å². The van der Waals surface area contributed by atoms with E-state index in [1.165, 1.54) is 0 Å². The SMILES string of the molecule is CC(C)C(C)(O)CNC(=O)c1ccnc(N(C)C)c1. The van der Waals surface area contributed by atoms with Crippen LogP contribution in [0.2, 0.25) is 0 Å². The van der Waals surface area contributed by atoms with E-state index in [-0.39, 0.29) is 18.4 Å². The summed E-state index contributed by atoms with van der Waals surface area (Å²) in [7, 11) is 3.74. The average molecular weight is 265 g/mol. The number of carbonyl (C=O) groups is 1. The van der Waals surface area contributed by atoms with Crippen molar-refractivity contribution < 1.29 is 9.90 Å². The van der Waals surface area contributed by atoms with E-state index in [9.17, 15) is 9.90 Å². The van der Waals surface area contributed by atoms with Gasteiger partial charge >= 0.3 is 0 Å². The van der Waals surface area contributed by atoms with Crippen molar-refractivity contribution >= 4 is 11.7 Å². The maximum absolute atomic E-state index is 12.0. The summed E-state index contributed by atoms with van der Waals surface area (Å²) >= 11 is 0. The van der Waals surface area contributed by atoms with Gasteiger partial charge in [0.2, 0.25) is 0 Å². The van der Waals surface area contributed by atoms with Crippen LogP contribution in [0.25, 0.3) is 0 Å². The number of nitrogens with zero attached hydrogens (tertiary/aromatic N) is 2. The highest BCUT2D eigenvalue weighted by atomic mass is 16.3. The highest BCUT2D eigenvalue weighted by Crippen LogP contribution is 2.15. The molecule has 0 aliphatic rings. The molecule has 0 fully saturated rings. The zero-order valence-corrected chi connectivity index (χ0v) is 12.3. The van der Waals surface area contributed by atoms with E-state index in [0.29, 0.717) is 5.56 Å². The van der Waals surface area contributed by atoms with E-state index in [4.69, 9.17) is 0 Å². The first-order chi connectivity index (χ1) is 8.74. The van der Waals surface area contributed by atoms with Gasteiger partial charge in [-0.15, -0.1) is 0 Å². The first-order valence-corrected chi connectivity index (χ1v) is 6.38. The molecule has 0 spiro atoms. The number of pyridine rings is 1. The summed E-state index contributed by atoms with van der Waals surface area (Å²) < 4.78 is 0. The highest BCUT2D eigenvalue weighted by Gasteiger charge is 2.25. The zero-order chi connectivity index (χ0) is 14.6. The predicted octanol–water partition coefficient (Wildman–Crippen LogP) is 1.28. The average Bonchev–Trinajstić information content (AvgIpc) is 2.36. The van der Waals surface area contributed by atoms with Gasteiger partial charge < -0.3 is 15.3 Å². The molecule has 1 aromatic heterocycles. The van der Waals surface area contributed by atoms with Crippen molar-refractivity contribution in [1.82, 2.24) is 10.3 Å². The van der Waals surface area contributed by atoms with Gasteiger partial charge in [-0.05, 0) is 25.0 Å². The molecule has 0 aromatic carbocycles. The maximum atomic E-state index is 12.0. The van der Waals surface area contributed by atoms with Crippen molar-refractivity contribution in [2.45, 2.75) is 26.4 Å². The Labute approximate surface area is 114 Å². The van der Waals surface area contributed by atoms with Crippen LogP contribution in [-0.4, -0.2) is 42.2 Å². The lowest BCUT2D eigenvalue weighted by Crippen LogP contribution is -2.44. The molecule has 1 heterocycles. The van der Waals surface area contributed by atoms with Crippen molar-refractivity contribution in [3.63, 3.8) is 0 Å². The largest absolute Gasteiger partial charge is 0.388 e. The smallest absolute Gasteiger partial charge is 0.251 e. The van der Waals surface area contributed by atoms with E-state index in [2.05, 4.69) is 10.3 Å². The van der Waals surface area contributed by atoms with Crippen LogP contribution >= 0.6 is 0 Å². The van der Waals surface area contributed by atoms with Gasteiger partial charge in [0.05, 0.1) is 5.60 Å². The van der Waals surface area contributed by atoms with Crippen molar-refractivity contribution in [1.29, 1.82) is 0 Å². The van der Waals surface area contributed by atoms with Crippen LogP contribution in [0.1, 0.15) is 31.1 Å². The molecule has 0 radical (unpaired) electrons. The summed E-state index contributed by atoms with van der Waals surface area (Å²) in [5.41, 5.74) is -0.370. The third-order valence-electron chi connectivity index (χ3n) is 3.32. The van der Waals surface area contributed by atoms with E-state index < -0.39 is 5.60 Å². The Morgan fingerprint density at radius 3 is 2.68 bits per heavy atom. The molecular formula is C14H23N3O2. The third kappa shape index (κ3) is 4.21. The molecule has 5 nitrogen and oxygen atoms in total. The lowest BCUT2D eigenvalue weighted by Gasteiger charge is -2.27. The zero-order valence-electron chi connectivity index (χ0n) is 12.3. The number of amides is 1. The Hall–Kier alpha value is -1.62. The second-order valence-electron chi connectivity index (χ2n) is 5.49. The molecule has 5 heteroatoms. The number of nitrogens with one attached hydrogen (secondary N) is 1. The van der Waals surface area contributed by atoms with Crippen LogP contribution < -0.4 is 10.2 Å². The van der Waals surface area contributed by atoms with Gasteiger partial charge in [-0.25, -0.2) is 4.98 Å². The number of aliphatic hydroxyl groups is 1. The molecule has 1 unspecified atom stereocenters. The van der Waals surface area contributed by atoms with E-state index in [0.717, 1.165) is 5.82 Å².